The molecule has 0 saturated carbocycles. The number of anilines is 1. The van der Waals surface area contributed by atoms with E-state index in [4.69, 9.17) is 28.9 Å². The molecule has 3 heterocycles. The number of fused-ring (bicyclic) bond motifs is 1. The molecule has 27 heavy (non-hydrogen) atoms. The van der Waals surface area contributed by atoms with Gasteiger partial charge in [-0.2, -0.15) is 5.10 Å². The number of aromatic nitrogens is 3. The molecular formula is C19H17Cl2N5O. The highest BCUT2D eigenvalue weighted by molar-refractivity contribution is 6.36. The van der Waals surface area contributed by atoms with Crippen molar-refractivity contribution in [3.05, 3.63) is 63.0 Å². The van der Waals surface area contributed by atoms with Crippen LogP contribution in [0, 0.1) is 6.92 Å². The highest BCUT2D eigenvalue weighted by Gasteiger charge is 2.36. The number of carbonyl (C=O) groups is 1. The molecule has 1 amide bonds. The zero-order chi connectivity index (χ0) is 19.3. The Kier molecular flexibility index (Phi) is 4.42. The second-order valence-corrected chi connectivity index (χ2v) is 7.28. The average molecular weight is 402 g/mol. The molecule has 138 valence electrons. The third kappa shape index (κ3) is 2.90. The van der Waals surface area contributed by atoms with Crippen molar-refractivity contribution in [2.24, 2.45) is 12.8 Å². The first-order chi connectivity index (χ1) is 12.9. The van der Waals surface area contributed by atoms with Crippen molar-refractivity contribution >= 4 is 34.9 Å². The molecule has 0 aliphatic carbocycles. The van der Waals surface area contributed by atoms with Gasteiger partial charge in [0.1, 0.15) is 0 Å². The molecule has 2 aromatic heterocycles. The predicted octanol–water partition coefficient (Wildman–Crippen LogP) is 3.72. The van der Waals surface area contributed by atoms with Crippen LogP contribution in [0.5, 0.6) is 0 Å². The van der Waals surface area contributed by atoms with Crippen LogP contribution in [0.15, 0.2) is 30.5 Å². The van der Waals surface area contributed by atoms with Crippen molar-refractivity contribution in [2.75, 3.05) is 4.90 Å². The molecular weight excluding hydrogens is 385 g/mol. The van der Waals surface area contributed by atoms with E-state index in [-0.39, 0.29) is 12.5 Å². The van der Waals surface area contributed by atoms with E-state index < -0.39 is 0 Å². The second-order valence-electron chi connectivity index (χ2n) is 6.44. The summed E-state index contributed by atoms with van der Waals surface area (Å²) in [5.41, 5.74) is 10.3. The van der Waals surface area contributed by atoms with E-state index in [0.29, 0.717) is 33.7 Å². The Labute approximate surface area is 166 Å². The molecule has 0 fully saturated rings. The van der Waals surface area contributed by atoms with Crippen LogP contribution >= 0.6 is 23.2 Å². The predicted molar refractivity (Wildman–Crippen MR) is 106 cm³/mol. The lowest BCUT2D eigenvalue weighted by Crippen LogP contribution is -2.24. The van der Waals surface area contributed by atoms with Gasteiger partial charge in [-0.3, -0.25) is 19.4 Å². The Balaban J connectivity index is 1.95. The van der Waals surface area contributed by atoms with Crippen LogP contribution < -0.4 is 10.6 Å². The van der Waals surface area contributed by atoms with Gasteiger partial charge in [0.05, 0.1) is 17.8 Å². The van der Waals surface area contributed by atoms with Gasteiger partial charge in [-0.1, -0.05) is 29.3 Å². The van der Waals surface area contributed by atoms with Crippen LogP contribution in [0.2, 0.25) is 10.0 Å². The molecule has 3 aromatic rings. The Hall–Kier alpha value is -2.41. The summed E-state index contributed by atoms with van der Waals surface area (Å²) >= 11 is 12.5. The van der Waals surface area contributed by atoms with Crippen molar-refractivity contribution in [1.82, 2.24) is 14.8 Å². The lowest BCUT2D eigenvalue weighted by atomic mass is 9.93. The van der Waals surface area contributed by atoms with Crippen molar-refractivity contribution in [3.63, 3.8) is 0 Å². The molecule has 0 atom stereocenters. The number of rotatable bonds is 3. The minimum absolute atomic E-state index is 0.160. The van der Waals surface area contributed by atoms with Gasteiger partial charge >= 0.3 is 0 Å². The summed E-state index contributed by atoms with van der Waals surface area (Å²) in [6.07, 6.45) is 1.80. The number of aryl methyl sites for hydroxylation is 2. The van der Waals surface area contributed by atoms with Crippen LogP contribution in [-0.4, -0.2) is 20.7 Å². The first-order valence-electron chi connectivity index (χ1n) is 8.40. The van der Waals surface area contributed by atoms with Crippen LogP contribution in [-0.2, 0) is 20.1 Å². The molecule has 4 rings (SSSR count). The van der Waals surface area contributed by atoms with E-state index >= 15 is 0 Å². The van der Waals surface area contributed by atoms with Gasteiger partial charge in [0.2, 0.25) is 0 Å². The molecule has 0 bridgehead atoms. The van der Waals surface area contributed by atoms with Gasteiger partial charge in [-0.25, -0.2) is 0 Å². The lowest BCUT2D eigenvalue weighted by Gasteiger charge is -2.16. The number of hydrogen-bond acceptors (Lipinski definition) is 4. The number of benzene rings is 1. The normalized spacial score (nSPS) is 13.4. The van der Waals surface area contributed by atoms with Crippen LogP contribution in [0.25, 0.3) is 11.1 Å². The summed E-state index contributed by atoms with van der Waals surface area (Å²) < 4.78 is 1.66. The summed E-state index contributed by atoms with van der Waals surface area (Å²) in [6, 6.07) is 7.03. The van der Waals surface area contributed by atoms with E-state index in [1.807, 2.05) is 20.0 Å². The number of nitrogens with two attached hydrogens (primary N) is 1. The molecule has 0 saturated heterocycles. The number of nitrogens with zero attached hydrogens (tertiary/aromatic N) is 4. The molecule has 0 spiro atoms. The topological polar surface area (TPSA) is 77.0 Å². The van der Waals surface area contributed by atoms with Crippen LogP contribution in [0.4, 0.5) is 5.82 Å². The maximum absolute atomic E-state index is 13.3. The Morgan fingerprint density at radius 3 is 2.63 bits per heavy atom. The van der Waals surface area contributed by atoms with Crippen molar-refractivity contribution < 1.29 is 4.79 Å². The Morgan fingerprint density at radius 2 is 2.00 bits per heavy atom. The third-order valence-corrected chi connectivity index (χ3v) is 5.28. The maximum Gasteiger partial charge on any atom is 0.262 e. The summed E-state index contributed by atoms with van der Waals surface area (Å²) in [5.74, 6) is 0.424. The highest BCUT2D eigenvalue weighted by Crippen LogP contribution is 2.40. The molecule has 0 unspecified atom stereocenters. The zero-order valence-corrected chi connectivity index (χ0v) is 16.3. The number of pyridine rings is 1. The summed E-state index contributed by atoms with van der Waals surface area (Å²) in [7, 11) is 1.81. The number of hydrogen-bond donors (Lipinski definition) is 1. The molecule has 2 N–H and O–H groups in total. The van der Waals surface area contributed by atoms with E-state index in [2.05, 4.69) is 10.1 Å². The van der Waals surface area contributed by atoms with Gasteiger partial charge in [-0.05, 0) is 24.6 Å². The fraction of sp³-hybridized carbons (Fsp3) is 0.211. The number of halogens is 2. The third-order valence-electron chi connectivity index (χ3n) is 4.73. The van der Waals surface area contributed by atoms with E-state index in [1.54, 1.807) is 34.0 Å². The van der Waals surface area contributed by atoms with E-state index in [9.17, 15) is 4.79 Å². The lowest BCUT2D eigenvalue weighted by molar-refractivity contribution is 0.0996. The largest absolute Gasteiger partial charge is 0.326 e. The first-order valence-corrected chi connectivity index (χ1v) is 9.15. The quantitative estimate of drug-likeness (QED) is 0.725. The van der Waals surface area contributed by atoms with Crippen molar-refractivity contribution in [3.8, 4) is 11.1 Å². The summed E-state index contributed by atoms with van der Waals surface area (Å²) in [6.45, 7) is 2.50. The smallest absolute Gasteiger partial charge is 0.262 e. The van der Waals surface area contributed by atoms with E-state index in [1.165, 1.54) is 0 Å². The zero-order valence-electron chi connectivity index (χ0n) is 14.8. The average Bonchev–Trinajstić information content (AvgIpc) is 3.17. The molecule has 1 aliphatic rings. The van der Waals surface area contributed by atoms with Gasteiger partial charge in [0.15, 0.2) is 5.82 Å². The molecule has 1 aliphatic heterocycles. The van der Waals surface area contributed by atoms with Crippen LogP contribution in [0.1, 0.15) is 27.3 Å². The van der Waals surface area contributed by atoms with Gasteiger partial charge in [0, 0.05) is 52.7 Å². The monoisotopic (exact) mass is 401 g/mol. The standard InChI is InChI=1S/C19H17Cl2N5O/c1-10-13(8-22)17(12-4-3-11(20)7-14(12)21)18-15(23-10)9-26(19(18)27)16-5-6-25(2)24-16/h3-7H,8-9,22H2,1-2H3. The summed E-state index contributed by atoms with van der Waals surface area (Å²) in [5, 5.41) is 5.34. The molecule has 0 radical (unpaired) electrons. The number of carbonyl (C=O) groups excluding carboxylic acids is 1. The van der Waals surface area contributed by atoms with Gasteiger partial charge in [-0.15, -0.1) is 0 Å². The molecule has 1 aromatic carbocycles. The second kappa shape index (κ2) is 6.64. The van der Waals surface area contributed by atoms with Gasteiger partial charge < -0.3 is 5.73 Å². The molecule has 8 heteroatoms. The minimum atomic E-state index is -0.160. The fourth-order valence-electron chi connectivity index (χ4n) is 3.47. The maximum atomic E-state index is 13.3. The SMILES string of the molecule is Cc1nc2c(c(-c3ccc(Cl)cc3Cl)c1CN)C(=O)N(c1ccn(C)n1)C2. The first kappa shape index (κ1) is 18.0. The highest BCUT2D eigenvalue weighted by atomic mass is 35.5. The Morgan fingerprint density at radius 1 is 1.22 bits per heavy atom. The minimum Gasteiger partial charge on any atom is -0.326 e. The van der Waals surface area contributed by atoms with Gasteiger partial charge in [0.25, 0.3) is 5.91 Å². The van der Waals surface area contributed by atoms with E-state index in [0.717, 1.165) is 22.4 Å². The van der Waals surface area contributed by atoms with Crippen molar-refractivity contribution in [1.29, 1.82) is 0 Å². The van der Waals surface area contributed by atoms with Crippen LogP contribution in [0.3, 0.4) is 0 Å². The summed E-state index contributed by atoms with van der Waals surface area (Å²) in [4.78, 5) is 19.5. The number of amides is 1. The fourth-order valence-corrected chi connectivity index (χ4v) is 3.98. The molecule has 6 nitrogen and oxygen atoms in total. The van der Waals surface area contributed by atoms with Crippen molar-refractivity contribution in [2.45, 2.75) is 20.0 Å². The Bertz CT molecular complexity index is 1080.